The van der Waals surface area contributed by atoms with Gasteiger partial charge in [-0.1, -0.05) is 12.1 Å². The van der Waals surface area contributed by atoms with E-state index >= 15 is 0 Å². The minimum atomic E-state index is -0.203. The third-order valence-corrected chi connectivity index (χ3v) is 5.67. The van der Waals surface area contributed by atoms with Crippen molar-refractivity contribution in [3.63, 3.8) is 0 Å². The van der Waals surface area contributed by atoms with Gasteiger partial charge < -0.3 is 14.8 Å². The molecular weight excluding hydrogens is 348 g/mol. The van der Waals surface area contributed by atoms with Gasteiger partial charge in [-0.2, -0.15) is 0 Å². The molecule has 3 aromatic rings. The van der Waals surface area contributed by atoms with Crippen molar-refractivity contribution in [3.05, 3.63) is 52.0 Å². The molecule has 3 heterocycles. The molecule has 0 fully saturated rings. The molecule has 0 saturated carbocycles. The zero-order valence-corrected chi connectivity index (χ0v) is 15.8. The van der Waals surface area contributed by atoms with Crippen LogP contribution in [0, 0.1) is 20.8 Å². The summed E-state index contributed by atoms with van der Waals surface area (Å²) in [5.74, 6) is 1.36. The predicted octanol–water partition coefficient (Wildman–Crippen LogP) is 3.79. The number of hydrogen-bond donors (Lipinski definition) is 1. The second kappa shape index (κ2) is 6.61. The maximum atomic E-state index is 12.7. The van der Waals surface area contributed by atoms with Crippen LogP contribution in [0.1, 0.15) is 26.5 Å². The third kappa shape index (κ3) is 3.01. The highest BCUT2D eigenvalue weighted by Gasteiger charge is 2.23. The highest BCUT2D eigenvalue weighted by atomic mass is 32.1. The first-order valence-electron chi connectivity index (χ1n) is 8.57. The Balaban J connectivity index is 1.48. The molecule has 1 aliphatic heterocycles. The van der Waals surface area contributed by atoms with Gasteiger partial charge in [0.15, 0.2) is 11.5 Å². The number of thiophene rings is 1. The highest BCUT2D eigenvalue weighted by Crippen LogP contribution is 2.33. The SMILES string of the molecule is Cc1cc(C)c2c(C)c(C(=O)NC[C@@H]3COc4ccccc4O3)sc2n1. The first-order chi connectivity index (χ1) is 12.5. The van der Waals surface area contributed by atoms with Crippen LogP contribution >= 0.6 is 11.3 Å². The van der Waals surface area contributed by atoms with Crippen LogP contribution in [0.3, 0.4) is 0 Å². The quantitative estimate of drug-likeness (QED) is 0.764. The minimum Gasteiger partial charge on any atom is -0.486 e. The predicted molar refractivity (Wildman–Crippen MR) is 103 cm³/mol. The Hall–Kier alpha value is -2.60. The van der Waals surface area contributed by atoms with Crippen molar-refractivity contribution >= 4 is 27.5 Å². The summed E-state index contributed by atoms with van der Waals surface area (Å²) in [5.41, 5.74) is 3.11. The van der Waals surface area contributed by atoms with E-state index in [-0.39, 0.29) is 12.0 Å². The molecule has 134 valence electrons. The van der Waals surface area contributed by atoms with E-state index < -0.39 is 0 Å². The third-order valence-electron chi connectivity index (χ3n) is 4.49. The maximum absolute atomic E-state index is 12.7. The van der Waals surface area contributed by atoms with E-state index in [0.29, 0.717) is 23.8 Å². The average Bonchev–Trinajstić information content (AvgIpc) is 2.96. The molecule has 0 saturated heterocycles. The Kier molecular flexibility index (Phi) is 4.28. The first kappa shape index (κ1) is 16.8. The minimum absolute atomic E-state index is 0.0926. The number of nitrogens with zero attached hydrogens (tertiary/aromatic N) is 1. The lowest BCUT2D eigenvalue weighted by molar-refractivity contribution is 0.0791. The highest BCUT2D eigenvalue weighted by molar-refractivity contribution is 7.20. The average molecular weight is 368 g/mol. The number of amides is 1. The van der Waals surface area contributed by atoms with E-state index in [9.17, 15) is 4.79 Å². The van der Waals surface area contributed by atoms with Crippen LogP contribution in [-0.4, -0.2) is 30.1 Å². The van der Waals surface area contributed by atoms with Gasteiger partial charge in [-0.3, -0.25) is 4.79 Å². The molecule has 1 aliphatic rings. The van der Waals surface area contributed by atoms with Gasteiger partial charge in [-0.05, 0) is 50.1 Å². The fourth-order valence-electron chi connectivity index (χ4n) is 3.29. The normalized spacial score (nSPS) is 15.9. The van der Waals surface area contributed by atoms with Crippen molar-refractivity contribution in [1.29, 1.82) is 0 Å². The molecule has 0 aliphatic carbocycles. The largest absolute Gasteiger partial charge is 0.486 e. The summed E-state index contributed by atoms with van der Waals surface area (Å²) in [4.78, 5) is 18.9. The number of aromatic nitrogens is 1. The van der Waals surface area contributed by atoms with Crippen LogP contribution in [0.5, 0.6) is 11.5 Å². The summed E-state index contributed by atoms with van der Waals surface area (Å²) in [6.45, 7) is 6.83. The van der Waals surface area contributed by atoms with Gasteiger partial charge in [0.25, 0.3) is 5.91 Å². The number of benzene rings is 1. The molecule has 2 aromatic heterocycles. The molecule has 0 spiro atoms. The molecule has 1 aromatic carbocycles. The topological polar surface area (TPSA) is 60.5 Å². The van der Waals surface area contributed by atoms with Crippen molar-refractivity contribution in [1.82, 2.24) is 10.3 Å². The number of hydrogen-bond acceptors (Lipinski definition) is 5. The summed E-state index contributed by atoms with van der Waals surface area (Å²) < 4.78 is 11.6. The number of fused-ring (bicyclic) bond motifs is 2. The van der Waals surface area contributed by atoms with Crippen molar-refractivity contribution in [2.45, 2.75) is 26.9 Å². The lowest BCUT2D eigenvalue weighted by Crippen LogP contribution is -2.40. The van der Waals surface area contributed by atoms with E-state index in [1.54, 1.807) is 0 Å². The number of rotatable bonds is 3. The lowest BCUT2D eigenvalue weighted by Gasteiger charge is -2.26. The van der Waals surface area contributed by atoms with Crippen LogP contribution < -0.4 is 14.8 Å². The molecule has 0 radical (unpaired) electrons. The number of aryl methyl sites for hydroxylation is 3. The molecule has 6 heteroatoms. The van der Waals surface area contributed by atoms with E-state index in [1.165, 1.54) is 11.3 Å². The van der Waals surface area contributed by atoms with Gasteiger partial charge in [0.1, 0.15) is 17.5 Å². The summed E-state index contributed by atoms with van der Waals surface area (Å²) in [7, 11) is 0. The standard InChI is InChI=1S/C20H20N2O3S/c1-11-8-12(2)22-20-17(11)13(3)18(26-20)19(23)21-9-14-10-24-15-6-4-5-7-16(15)25-14/h4-8,14H,9-10H2,1-3H3,(H,21,23)/t14-/m1/s1. The van der Waals surface area contributed by atoms with Crippen LogP contribution in [0.2, 0.25) is 0 Å². The van der Waals surface area contributed by atoms with Crippen molar-refractivity contribution in [3.8, 4) is 11.5 Å². The van der Waals surface area contributed by atoms with Gasteiger partial charge >= 0.3 is 0 Å². The summed E-state index contributed by atoms with van der Waals surface area (Å²) >= 11 is 1.44. The molecule has 26 heavy (non-hydrogen) atoms. The Morgan fingerprint density at radius 3 is 2.85 bits per heavy atom. The number of pyridine rings is 1. The zero-order chi connectivity index (χ0) is 18.3. The van der Waals surface area contributed by atoms with Crippen molar-refractivity contribution in [2.75, 3.05) is 13.2 Å². The number of nitrogens with one attached hydrogen (secondary N) is 1. The van der Waals surface area contributed by atoms with Gasteiger partial charge in [0, 0.05) is 11.1 Å². The fraction of sp³-hybridized carbons (Fsp3) is 0.300. The van der Waals surface area contributed by atoms with Crippen molar-refractivity contribution in [2.24, 2.45) is 0 Å². The number of carbonyl (C=O) groups excluding carboxylic acids is 1. The first-order valence-corrected chi connectivity index (χ1v) is 9.38. The van der Waals surface area contributed by atoms with Crippen LogP contribution in [-0.2, 0) is 0 Å². The Morgan fingerprint density at radius 1 is 1.27 bits per heavy atom. The van der Waals surface area contributed by atoms with E-state index in [1.807, 2.05) is 44.2 Å². The molecule has 1 amide bonds. The molecule has 1 atom stereocenters. The molecule has 4 rings (SSSR count). The van der Waals surface area contributed by atoms with Crippen LogP contribution in [0.4, 0.5) is 0 Å². The van der Waals surface area contributed by atoms with Gasteiger partial charge in [-0.15, -0.1) is 11.3 Å². The van der Waals surface area contributed by atoms with Gasteiger partial charge in [0.05, 0.1) is 11.4 Å². The second-order valence-corrected chi connectivity index (χ2v) is 7.52. The summed E-state index contributed by atoms with van der Waals surface area (Å²) in [6.07, 6.45) is -0.203. The van der Waals surface area contributed by atoms with E-state index in [2.05, 4.69) is 17.2 Å². The van der Waals surface area contributed by atoms with Crippen molar-refractivity contribution < 1.29 is 14.3 Å². The van der Waals surface area contributed by atoms with E-state index in [4.69, 9.17) is 9.47 Å². The molecule has 0 unspecified atom stereocenters. The Morgan fingerprint density at radius 2 is 2.04 bits per heavy atom. The Bertz CT molecular complexity index is 996. The lowest BCUT2D eigenvalue weighted by atomic mass is 10.1. The zero-order valence-electron chi connectivity index (χ0n) is 15.0. The number of carbonyl (C=O) groups is 1. The molecule has 1 N–H and O–H groups in total. The maximum Gasteiger partial charge on any atom is 0.261 e. The number of para-hydroxylation sites is 2. The molecule has 5 nitrogen and oxygen atoms in total. The second-order valence-electron chi connectivity index (χ2n) is 6.52. The summed E-state index contributed by atoms with van der Waals surface area (Å²) in [6, 6.07) is 9.61. The summed E-state index contributed by atoms with van der Waals surface area (Å²) in [5, 5.41) is 4.05. The Labute approximate surface area is 156 Å². The fourth-order valence-corrected chi connectivity index (χ4v) is 4.51. The molecule has 0 bridgehead atoms. The molecular formula is C20H20N2O3S. The monoisotopic (exact) mass is 368 g/mol. The smallest absolute Gasteiger partial charge is 0.261 e. The van der Waals surface area contributed by atoms with Gasteiger partial charge in [0.2, 0.25) is 0 Å². The van der Waals surface area contributed by atoms with Gasteiger partial charge in [-0.25, -0.2) is 4.98 Å². The van der Waals surface area contributed by atoms with E-state index in [0.717, 1.165) is 32.8 Å². The number of ether oxygens (including phenoxy) is 2. The van der Waals surface area contributed by atoms with Crippen LogP contribution in [0.25, 0.3) is 10.2 Å². The van der Waals surface area contributed by atoms with Crippen LogP contribution in [0.15, 0.2) is 30.3 Å².